The minimum atomic E-state index is -1.41. The first-order valence-corrected chi connectivity index (χ1v) is 5.06. The third-order valence-corrected chi connectivity index (χ3v) is 2.17. The number of hydrogen-bond donors (Lipinski definition) is 4. The van der Waals surface area contributed by atoms with Gasteiger partial charge in [-0.25, -0.2) is 0 Å². The van der Waals surface area contributed by atoms with Gasteiger partial charge in [0.1, 0.15) is 30.2 Å². The molecule has 0 saturated heterocycles. The van der Waals surface area contributed by atoms with E-state index in [0.717, 1.165) is 12.1 Å². The van der Waals surface area contributed by atoms with Crippen molar-refractivity contribution in [1.29, 1.82) is 0 Å². The van der Waals surface area contributed by atoms with Crippen molar-refractivity contribution in [2.45, 2.75) is 0 Å². The van der Waals surface area contributed by atoms with Crippen LogP contribution in [0.3, 0.4) is 0 Å². The van der Waals surface area contributed by atoms with Crippen LogP contribution >= 0.6 is 0 Å². The Kier molecular flexibility index (Phi) is 4.30. The maximum atomic E-state index is 11.9. The Bertz CT molecular complexity index is 490. The average molecular weight is 269 g/mol. The first kappa shape index (κ1) is 14.3. The fourth-order valence-corrected chi connectivity index (χ4v) is 1.43. The summed E-state index contributed by atoms with van der Waals surface area (Å²) in [5.74, 6) is -5.04. The lowest BCUT2D eigenvalue weighted by Gasteiger charge is -2.19. The summed E-state index contributed by atoms with van der Waals surface area (Å²) in [6.07, 6.45) is 0. The number of carboxylic acid groups (broad SMARTS) is 2. The molecule has 8 heteroatoms. The van der Waals surface area contributed by atoms with Crippen LogP contribution in [0, 0.1) is 0 Å². The van der Waals surface area contributed by atoms with Gasteiger partial charge < -0.3 is 25.3 Å². The van der Waals surface area contributed by atoms with Crippen molar-refractivity contribution in [1.82, 2.24) is 4.90 Å². The third kappa shape index (κ3) is 3.60. The molecule has 0 aromatic heterocycles. The van der Waals surface area contributed by atoms with Gasteiger partial charge >= 0.3 is 11.9 Å². The zero-order valence-electron chi connectivity index (χ0n) is 9.61. The van der Waals surface area contributed by atoms with Gasteiger partial charge in [0.05, 0.1) is 0 Å². The Labute approximate surface area is 107 Å². The van der Waals surface area contributed by atoms with E-state index in [4.69, 9.17) is 10.2 Å². The molecule has 0 aliphatic carbocycles. The molecule has 0 aliphatic rings. The van der Waals surface area contributed by atoms with Crippen molar-refractivity contribution in [3.05, 3.63) is 23.8 Å². The highest BCUT2D eigenvalue weighted by molar-refractivity contribution is 6.01. The largest absolute Gasteiger partial charge is 0.507 e. The van der Waals surface area contributed by atoms with Crippen LogP contribution in [-0.4, -0.2) is 56.3 Å². The monoisotopic (exact) mass is 269 g/mol. The zero-order valence-corrected chi connectivity index (χ0v) is 9.61. The highest BCUT2D eigenvalue weighted by Crippen LogP contribution is 2.27. The summed E-state index contributed by atoms with van der Waals surface area (Å²) in [4.78, 5) is 33.6. The molecular formula is C11H11NO7. The Hall–Kier alpha value is -2.77. The molecule has 0 spiro atoms. The van der Waals surface area contributed by atoms with E-state index in [0.29, 0.717) is 4.90 Å². The van der Waals surface area contributed by atoms with E-state index in [2.05, 4.69) is 0 Å². The van der Waals surface area contributed by atoms with E-state index < -0.39 is 48.0 Å². The molecule has 0 bridgehead atoms. The van der Waals surface area contributed by atoms with E-state index in [1.807, 2.05) is 0 Å². The standard InChI is InChI=1S/C11H11NO7/c13-6-2-1-3-7(14)10(6)11(19)12(4-8(15)16)5-9(17)18/h1-3,13-14H,4-5H2,(H,15,16)(H,17,18). The van der Waals surface area contributed by atoms with E-state index in [1.165, 1.54) is 6.07 Å². The third-order valence-electron chi connectivity index (χ3n) is 2.17. The van der Waals surface area contributed by atoms with E-state index in [-0.39, 0.29) is 0 Å². The van der Waals surface area contributed by atoms with Gasteiger partial charge in [-0.3, -0.25) is 14.4 Å². The molecule has 1 aromatic carbocycles. The summed E-state index contributed by atoms with van der Waals surface area (Å²) in [6.45, 7) is -1.72. The van der Waals surface area contributed by atoms with Gasteiger partial charge in [0.25, 0.3) is 5.91 Å². The fourth-order valence-electron chi connectivity index (χ4n) is 1.43. The number of phenols is 2. The van der Waals surface area contributed by atoms with Crippen molar-refractivity contribution in [2.75, 3.05) is 13.1 Å². The lowest BCUT2D eigenvalue weighted by Crippen LogP contribution is -2.39. The first-order chi connectivity index (χ1) is 8.82. The Balaban J connectivity index is 3.11. The predicted molar refractivity (Wildman–Crippen MR) is 60.9 cm³/mol. The Morgan fingerprint density at radius 3 is 1.74 bits per heavy atom. The van der Waals surface area contributed by atoms with Gasteiger partial charge in [-0.15, -0.1) is 0 Å². The van der Waals surface area contributed by atoms with Crippen molar-refractivity contribution in [2.24, 2.45) is 0 Å². The molecule has 0 aliphatic heterocycles. The molecule has 0 fully saturated rings. The summed E-state index contributed by atoms with van der Waals surface area (Å²) in [5, 5.41) is 36.2. The van der Waals surface area contributed by atoms with Crippen LogP contribution in [-0.2, 0) is 9.59 Å². The number of carbonyl (C=O) groups excluding carboxylic acids is 1. The fraction of sp³-hybridized carbons (Fsp3) is 0.182. The maximum Gasteiger partial charge on any atom is 0.323 e. The summed E-state index contributed by atoms with van der Waals surface area (Å²) < 4.78 is 0. The number of aromatic hydroxyl groups is 2. The van der Waals surface area contributed by atoms with Gasteiger partial charge in [0, 0.05) is 0 Å². The number of aliphatic carboxylic acids is 2. The van der Waals surface area contributed by atoms with Gasteiger partial charge in [0.15, 0.2) is 0 Å². The second-order valence-electron chi connectivity index (χ2n) is 3.62. The molecule has 8 nitrogen and oxygen atoms in total. The molecule has 19 heavy (non-hydrogen) atoms. The number of carbonyl (C=O) groups is 3. The topological polar surface area (TPSA) is 135 Å². The number of rotatable bonds is 5. The van der Waals surface area contributed by atoms with E-state index in [1.54, 1.807) is 0 Å². The zero-order chi connectivity index (χ0) is 14.6. The van der Waals surface area contributed by atoms with Crippen LogP contribution < -0.4 is 0 Å². The highest BCUT2D eigenvalue weighted by Gasteiger charge is 2.25. The van der Waals surface area contributed by atoms with E-state index >= 15 is 0 Å². The summed E-state index contributed by atoms with van der Waals surface area (Å²) in [6, 6.07) is 3.51. The second-order valence-corrected chi connectivity index (χ2v) is 3.62. The number of carboxylic acids is 2. The van der Waals surface area contributed by atoms with Crippen molar-refractivity contribution < 1.29 is 34.8 Å². The molecule has 1 amide bonds. The van der Waals surface area contributed by atoms with Crippen molar-refractivity contribution in [3.8, 4) is 11.5 Å². The lowest BCUT2D eigenvalue weighted by atomic mass is 10.1. The summed E-state index contributed by atoms with van der Waals surface area (Å²) in [5.41, 5.74) is -0.537. The van der Waals surface area contributed by atoms with Crippen LogP contribution in [0.25, 0.3) is 0 Å². The van der Waals surface area contributed by atoms with Crippen molar-refractivity contribution in [3.63, 3.8) is 0 Å². The molecule has 0 heterocycles. The number of amides is 1. The van der Waals surface area contributed by atoms with Crippen LogP contribution in [0.4, 0.5) is 0 Å². The molecule has 0 atom stereocenters. The van der Waals surface area contributed by atoms with Crippen LogP contribution in [0.15, 0.2) is 18.2 Å². The molecule has 1 aromatic rings. The predicted octanol–water partition coefficient (Wildman–Crippen LogP) is -0.291. The van der Waals surface area contributed by atoms with E-state index in [9.17, 15) is 24.6 Å². The smallest absolute Gasteiger partial charge is 0.323 e. The van der Waals surface area contributed by atoms with Crippen LogP contribution in [0.5, 0.6) is 11.5 Å². The minimum Gasteiger partial charge on any atom is -0.507 e. The van der Waals surface area contributed by atoms with Crippen LogP contribution in [0.1, 0.15) is 10.4 Å². The molecule has 1 rings (SSSR count). The molecular weight excluding hydrogens is 258 g/mol. The average Bonchev–Trinajstić information content (AvgIpc) is 2.26. The van der Waals surface area contributed by atoms with Crippen LogP contribution in [0.2, 0.25) is 0 Å². The SMILES string of the molecule is O=C(O)CN(CC(=O)O)C(=O)c1c(O)cccc1O. The Morgan fingerprint density at radius 1 is 0.947 bits per heavy atom. The summed E-state index contributed by atoms with van der Waals surface area (Å²) >= 11 is 0. The molecule has 0 unspecified atom stereocenters. The Morgan fingerprint density at radius 2 is 1.37 bits per heavy atom. The minimum absolute atomic E-state index is 0.486. The first-order valence-electron chi connectivity index (χ1n) is 5.06. The number of nitrogens with zero attached hydrogens (tertiary/aromatic N) is 1. The van der Waals surface area contributed by atoms with Gasteiger partial charge in [-0.1, -0.05) is 6.07 Å². The molecule has 0 radical (unpaired) electrons. The number of hydrogen-bond acceptors (Lipinski definition) is 5. The van der Waals surface area contributed by atoms with Gasteiger partial charge in [-0.05, 0) is 12.1 Å². The molecule has 4 N–H and O–H groups in total. The number of phenolic OH excluding ortho intramolecular Hbond substituents is 2. The number of benzene rings is 1. The molecule has 0 saturated carbocycles. The normalized spacial score (nSPS) is 9.89. The summed E-state index contributed by atoms with van der Waals surface area (Å²) in [7, 11) is 0. The molecule has 102 valence electrons. The maximum absolute atomic E-state index is 11.9. The second kappa shape index (κ2) is 5.71. The van der Waals surface area contributed by atoms with Gasteiger partial charge in [-0.2, -0.15) is 0 Å². The lowest BCUT2D eigenvalue weighted by molar-refractivity contribution is -0.140. The quantitative estimate of drug-likeness (QED) is 0.576. The van der Waals surface area contributed by atoms with Gasteiger partial charge in [0.2, 0.25) is 0 Å². The highest BCUT2D eigenvalue weighted by atomic mass is 16.4. The van der Waals surface area contributed by atoms with Crippen molar-refractivity contribution >= 4 is 17.8 Å².